The van der Waals surface area contributed by atoms with Gasteiger partial charge in [0.15, 0.2) is 5.17 Å². The zero-order chi connectivity index (χ0) is 13.8. The molecule has 4 nitrogen and oxygen atoms in total. The van der Waals surface area contributed by atoms with E-state index in [1.165, 1.54) is 11.8 Å². The highest BCUT2D eigenvalue weighted by molar-refractivity contribution is 8.18. The maximum Gasteiger partial charge on any atom is 0.264 e. The van der Waals surface area contributed by atoms with Crippen LogP contribution >= 0.6 is 11.8 Å². The number of amidine groups is 1. The Morgan fingerprint density at radius 1 is 1.10 bits per heavy atom. The highest BCUT2D eigenvalue weighted by atomic mass is 32.2. The van der Waals surface area contributed by atoms with Crippen LogP contribution in [0.4, 0.5) is 5.69 Å². The minimum absolute atomic E-state index is 0.124. The minimum Gasteiger partial charge on any atom is -0.300 e. The molecule has 0 bridgehead atoms. The number of aromatic nitrogens is 1. The first-order chi connectivity index (χ1) is 9.81. The van der Waals surface area contributed by atoms with Crippen LogP contribution in [0.3, 0.4) is 0 Å². The van der Waals surface area contributed by atoms with Crippen molar-refractivity contribution in [3.63, 3.8) is 0 Å². The Bertz CT molecular complexity index is 681. The van der Waals surface area contributed by atoms with Crippen LogP contribution in [0.1, 0.15) is 5.56 Å². The van der Waals surface area contributed by atoms with E-state index in [4.69, 9.17) is 0 Å². The van der Waals surface area contributed by atoms with Crippen molar-refractivity contribution in [2.24, 2.45) is 4.99 Å². The van der Waals surface area contributed by atoms with E-state index in [0.29, 0.717) is 10.1 Å². The molecule has 1 aliphatic rings. The molecule has 0 saturated carbocycles. The first kappa shape index (κ1) is 12.6. The molecule has 2 aromatic rings. The lowest BCUT2D eigenvalue weighted by Crippen LogP contribution is -2.19. The molecule has 0 aliphatic carbocycles. The maximum atomic E-state index is 11.9. The molecule has 1 aliphatic heterocycles. The number of nitrogens with zero attached hydrogens (tertiary/aromatic N) is 2. The van der Waals surface area contributed by atoms with Gasteiger partial charge in [-0.05, 0) is 47.7 Å². The number of rotatable bonds is 2. The summed E-state index contributed by atoms with van der Waals surface area (Å²) < 4.78 is 0. The van der Waals surface area contributed by atoms with Gasteiger partial charge in [0, 0.05) is 12.4 Å². The molecule has 1 aromatic carbocycles. The monoisotopic (exact) mass is 281 g/mol. The van der Waals surface area contributed by atoms with Gasteiger partial charge in [0.05, 0.1) is 10.6 Å². The summed E-state index contributed by atoms with van der Waals surface area (Å²) in [4.78, 5) is 20.9. The SMILES string of the molecule is O=C1NC(=Nc2ccccc2)S/C1=C\c1ccncc1. The molecule has 20 heavy (non-hydrogen) atoms. The molecule has 1 N–H and O–H groups in total. The summed E-state index contributed by atoms with van der Waals surface area (Å²) in [5.41, 5.74) is 1.76. The quantitative estimate of drug-likeness (QED) is 0.861. The number of aliphatic imine (C=N–C) groups is 1. The predicted molar refractivity (Wildman–Crippen MR) is 81.5 cm³/mol. The molecule has 1 saturated heterocycles. The predicted octanol–water partition coefficient (Wildman–Crippen LogP) is 2.97. The molecule has 2 heterocycles. The molecule has 5 heteroatoms. The summed E-state index contributed by atoms with van der Waals surface area (Å²) in [7, 11) is 0. The molecule has 0 unspecified atom stereocenters. The molecule has 1 fully saturated rings. The number of para-hydroxylation sites is 1. The van der Waals surface area contributed by atoms with Crippen LogP contribution in [0, 0.1) is 0 Å². The normalized spacial score (nSPS) is 18.5. The summed E-state index contributed by atoms with van der Waals surface area (Å²) in [5.74, 6) is -0.124. The van der Waals surface area contributed by atoms with Gasteiger partial charge in [-0.3, -0.25) is 9.78 Å². The third-order valence-electron chi connectivity index (χ3n) is 2.64. The number of thioether (sulfide) groups is 1. The molecule has 1 aromatic heterocycles. The second-order valence-corrected chi connectivity index (χ2v) is 5.13. The fourth-order valence-electron chi connectivity index (χ4n) is 1.71. The smallest absolute Gasteiger partial charge is 0.264 e. The van der Waals surface area contributed by atoms with Crippen LogP contribution < -0.4 is 5.32 Å². The van der Waals surface area contributed by atoms with Crippen LogP contribution in [-0.2, 0) is 4.79 Å². The second kappa shape index (κ2) is 5.71. The third kappa shape index (κ3) is 2.95. The average Bonchev–Trinajstić information content (AvgIpc) is 2.81. The maximum absolute atomic E-state index is 11.9. The lowest BCUT2D eigenvalue weighted by atomic mass is 10.2. The van der Waals surface area contributed by atoms with Crippen molar-refractivity contribution in [1.29, 1.82) is 0 Å². The van der Waals surface area contributed by atoms with Crippen molar-refractivity contribution >= 4 is 34.6 Å². The van der Waals surface area contributed by atoms with E-state index >= 15 is 0 Å². The standard InChI is InChI=1S/C15H11N3OS/c19-14-13(10-11-6-8-16-9-7-11)20-15(18-14)17-12-4-2-1-3-5-12/h1-10H,(H,17,18,19)/b13-10-. The topological polar surface area (TPSA) is 54.4 Å². The van der Waals surface area contributed by atoms with Gasteiger partial charge < -0.3 is 5.32 Å². The van der Waals surface area contributed by atoms with E-state index in [1.54, 1.807) is 12.4 Å². The number of hydrogen-bond donors (Lipinski definition) is 1. The fraction of sp³-hybridized carbons (Fsp3) is 0. The van der Waals surface area contributed by atoms with Crippen molar-refractivity contribution in [1.82, 2.24) is 10.3 Å². The number of pyridine rings is 1. The van der Waals surface area contributed by atoms with Crippen molar-refractivity contribution in [3.05, 3.63) is 65.3 Å². The number of amides is 1. The summed E-state index contributed by atoms with van der Waals surface area (Å²) in [6.07, 6.45) is 5.22. The molecule has 3 rings (SSSR count). The van der Waals surface area contributed by atoms with Crippen LogP contribution in [-0.4, -0.2) is 16.1 Å². The molecule has 0 spiro atoms. The second-order valence-electron chi connectivity index (χ2n) is 4.10. The van der Waals surface area contributed by atoms with Crippen molar-refractivity contribution in [2.75, 3.05) is 0 Å². The fourth-order valence-corrected chi connectivity index (χ4v) is 2.55. The number of carbonyl (C=O) groups is 1. The van der Waals surface area contributed by atoms with Gasteiger partial charge in [0.2, 0.25) is 0 Å². The van der Waals surface area contributed by atoms with Crippen LogP contribution in [0.25, 0.3) is 6.08 Å². The van der Waals surface area contributed by atoms with Crippen LogP contribution in [0.15, 0.2) is 64.8 Å². The number of hydrogen-bond acceptors (Lipinski definition) is 4. The zero-order valence-corrected chi connectivity index (χ0v) is 11.3. The number of nitrogens with one attached hydrogen (secondary N) is 1. The van der Waals surface area contributed by atoms with E-state index in [-0.39, 0.29) is 5.91 Å². The van der Waals surface area contributed by atoms with Crippen LogP contribution in [0.5, 0.6) is 0 Å². The van der Waals surface area contributed by atoms with E-state index in [0.717, 1.165) is 11.3 Å². The molecule has 98 valence electrons. The highest BCUT2D eigenvalue weighted by Crippen LogP contribution is 2.27. The van der Waals surface area contributed by atoms with Crippen molar-refractivity contribution in [2.45, 2.75) is 0 Å². The largest absolute Gasteiger partial charge is 0.300 e. The Hall–Kier alpha value is -2.40. The third-order valence-corrected chi connectivity index (χ3v) is 3.55. The zero-order valence-electron chi connectivity index (χ0n) is 10.5. The molecular formula is C15H11N3OS. The summed E-state index contributed by atoms with van der Waals surface area (Å²) in [5, 5.41) is 3.36. The lowest BCUT2D eigenvalue weighted by Gasteiger charge is -1.94. The average molecular weight is 281 g/mol. The minimum atomic E-state index is -0.124. The molecule has 0 atom stereocenters. The van der Waals surface area contributed by atoms with Crippen LogP contribution in [0.2, 0.25) is 0 Å². The summed E-state index contributed by atoms with van der Waals surface area (Å²) >= 11 is 1.34. The molecule has 0 radical (unpaired) electrons. The molecular weight excluding hydrogens is 270 g/mol. The van der Waals surface area contributed by atoms with Crippen molar-refractivity contribution in [3.8, 4) is 0 Å². The van der Waals surface area contributed by atoms with E-state index in [2.05, 4.69) is 15.3 Å². The highest BCUT2D eigenvalue weighted by Gasteiger charge is 2.23. The Balaban J connectivity index is 1.83. The van der Waals surface area contributed by atoms with E-state index in [1.807, 2.05) is 48.5 Å². The van der Waals surface area contributed by atoms with Gasteiger partial charge in [0.25, 0.3) is 5.91 Å². The first-order valence-corrected chi connectivity index (χ1v) is 6.87. The molecule has 1 amide bonds. The van der Waals surface area contributed by atoms with Gasteiger partial charge in [-0.1, -0.05) is 18.2 Å². The summed E-state index contributed by atoms with van der Waals surface area (Å²) in [6.45, 7) is 0. The lowest BCUT2D eigenvalue weighted by molar-refractivity contribution is -0.115. The van der Waals surface area contributed by atoms with Crippen molar-refractivity contribution < 1.29 is 4.79 Å². The van der Waals surface area contributed by atoms with Gasteiger partial charge in [-0.2, -0.15) is 0 Å². The van der Waals surface area contributed by atoms with Gasteiger partial charge in [-0.25, -0.2) is 4.99 Å². The van der Waals surface area contributed by atoms with E-state index < -0.39 is 0 Å². The van der Waals surface area contributed by atoms with Gasteiger partial charge >= 0.3 is 0 Å². The number of benzene rings is 1. The van der Waals surface area contributed by atoms with Gasteiger partial charge in [-0.15, -0.1) is 0 Å². The summed E-state index contributed by atoms with van der Waals surface area (Å²) in [6, 6.07) is 13.2. The first-order valence-electron chi connectivity index (χ1n) is 6.06. The van der Waals surface area contributed by atoms with E-state index in [9.17, 15) is 4.79 Å². The van der Waals surface area contributed by atoms with Gasteiger partial charge in [0.1, 0.15) is 0 Å². The Morgan fingerprint density at radius 2 is 1.85 bits per heavy atom. The Kier molecular flexibility index (Phi) is 3.60. The Labute approximate surface area is 120 Å². The number of carbonyl (C=O) groups excluding carboxylic acids is 1. The Morgan fingerprint density at radius 3 is 2.60 bits per heavy atom.